The van der Waals surface area contributed by atoms with E-state index in [2.05, 4.69) is 23.6 Å². The van der Waals surface area contributed by atoms with E-state index in [-0.39, 0.29) is 5.91 Å². The van der Waals surface area contributed by atoms with Gasteiger partial charge < -0.3 is 19.3 Å². The Balaban J connectivity index is 1.55. The standard InChI is InChI=1S/C22H26N2O3/c1-17(2)16-27-21-8-4-18(5-9-21)22(25)24-14-12-23(13-15-24)19-6-10-20(26-3)11-7-19/h4-11H,1,12-16H2,2-3H3. The maximum atomic E-state index is 12.7. The van der Waals surface area contributed by atoms with Crippen molar-refractivity contribution in [2.24, 2.45) is 0 Å². The highest BCUT2D eigenvalue weighted by atomic mass is 16.5. The number of carbonyl (C=O) groups is 1. The summed E-state index contributed by atoms with van der Waals surface area (Å²) in [6.07, 6.45) is 0. The number of ether oxygens (including phenoxy) is 2. The average Bonchev–Trinajstić information content (AvgIpc) is 2.72. The van der Waals surface area contributed by atoms with E-state index in [9.17, 15) is 4.79 Å². The first-order valence-corrected chi connectivity index (χ1v) is 9.12. The van der Waals surface area contributed by atoms with Crippen molar-refractivity contribution in [1.82, 2.24) is 4.90 Å². The van der Waals surface area contributed by atoms with Gasteiger partial charge in [-0.3, -0.25) is 4.79 Å². The Morgan fingerprint density at radius 1 is 0.963 bits per heavy atom. The topological polar surface area (TPSA) is 42.0 Å². The first-order chi connectivity index (χ1) is 13.1. The fourth-order valence-electron chi connectivity index (χ4n) is 3.04. The minimum absolute atomic E-state index is 0.0656. The zero-order valence-corrected chi connectivity index (χ0v) is 16.0. The first-order valence-electron chi connectivity index (χ1n) is 9.12. The number of anilines is 1. The number of nitrogens with zero attached hydrogens (tertiary/aromatic N) is 2. The molecule has 0 bridgehead atoms. The number of hydrogen-bond donors (Lipinski definition) is 0. The van der Waals surface area contributed by atoms with E-state index in [0.717, 1.165) is 35.8 Å². The molecule has 0 aliphatic carbocycles. The predicted octanol–water partition coefficient (Wildman–Crippen LogP) is 3.61. The van der Waals surface area contributed by atoms with Gasteiger partial charge in [0.15, 0.2) is 0 Å². The largest absolute Gasteiger partial charge is 0.497 e. The minimum atomic E-state index is 0.0656. The lowest BCUT2D eigenvalue weighted by Crippen LogP contribution is -2.48. The number of amides is 1. The third-order valence-electron chi connectivity index (χ3n) is 4.59. The molecule has 0 N–H and O–H groups in total. The van der Waals surface area contributed by atoms with Gasteiger partial charge in [-0.25, -0.2) is 0 Å². The molecule has 1 aliphatic heterocycles. The summed E-state index contributed by atoms with van der Waals surface area (Å²) in [5.74, 6) is 1.66. The van der Waals surface area contributed by atoms with Crippen LogP contribution in [0.15, 0.2) is 60.7 Å². The Hall–Kier alpha value is -2.95. The molecule has 5 nitrogen and oxygen atoms in total. The summed E-state index contributed by atoms with van der Waals surface area (Å²) >= 11 is 0. The summed E-state index contributed by atoms with van der Waals surface area (Å²) in [6, 6.07) is 15.4. The highest BCUT2D eigenvalue weighted by molar-refractivity contribution is 5.94. The van der Waals surface area contributed by atoms with Gasteiger partial charge in [-0.1, -0.05) is 6.58 Å². The number of methoxy groups -OCH3 is 1. The summed E-state index contributed by atoms with van der Waals surface area (Å²) < 4.78 is 10.8. The molecule has 0 spiro atoms. The Labute approximate surface area is 160 Å². The van der Waals surface area contributed by atoms with E-state index < -0.39 is 0 Å². The molecule has 5 heteroatoms. The second-order valence-electron chi connectivity index (χ2n) is 6.75. The SMILES string of the molecule is C=C(C)COc1ccc(C(=O)N2CCN(c3ccc(OC)cc3)CC2)cc1. The van der Waals surface area contributed by atoms with Crippen LogP contribution in [-0.4, -0.2) is 50.7 Å². The normalized spacial score (nSPS) is 14.0. The summed E-state index contributed by atoms with van der Waals surface area (Å²) in [6.45, 7) is 9.27. The summed E-state index contributed by atoms with van der Waals surface area (Å²) in [4.78, 5) is 16.9. The van der Waals surface area contributed by atoms with Crippen LogP contribution in [0.1, 0.15) is 17.3 Å². The molecule has 1 amide bonds. The van der Waals surface area contributed by atoms with Crippen molar-refractivity contribution >= 4 is 11.6 Å². The van der Waals surface area contributed by atoms with Crippen molar-refractivity contribution in [1.29, 1.82) is 0 Å². The van der Waals surface area contributed by atoms with Gasteiger partial charge in [0.2, 0.25) is 0 Å². The molecule has 142 valence electrons. The summed E-state index contributed by atoms with van der Waals surface area (Å²) in [5, 5.41) is 0. The van der Waals surface area contributed by atoms with Crippen LogP contribution in [0.3, 0.4) is 0 Å². The quantitative estimate of drug-likeness (QED) is 0.733. The van der Waals surface area contributed by atoms with Crippen LogP contribution in [-0.2, 0) is 0 Å². The lowest BCUT2D eigenvalue weighted by molar-refractivity contribution is 0.0747. The molecular weight excluding hydrogens is 340 g/mol. The maximum Gasteiger partial charge on any atom is 0.253 e. The fourth-order valence-corrected chi connectivity index (χ4v) is 3.04. The highest BCUT2D eigenvalue weighted by Gasteiger charge is 2.22. The monoisotopic (exact) mass is 366 g/mol. The van der Waals surface area contributed by atoms with Crippen molar-refractivity contribution in [3.8, 4) is 11.5 Å². The van der Waals surface area contributed by atoms with Gasteiger partial charge in [0.1, 0.15) is 18.1 Å². The van der Waals surface area contributed by atoms with E-state index in [1.807, 2.05) is 48.2 Å². The molecule has 3 rings (SSSR count). The molecule has 0 unspecified atom stereocenters. The number of piperazine rings is 1. The zero-order valence-electron chi connectivity index (χ0n) is 16.0. The van der Waals surface area contributed by atoms with Gasteiger partial charge in [-0.15, -0.1) is 0 Å². The van der Waals surface area contributed by atoms with Gasteiger partial charge in [-0.2, -0.15) is 0 Å². The summed E-state index contributed by atoms with van der Waals surface area (Å²) in [7, 11) is 1.67. The van der Waals surface area contributed by atoms with Crippen molar-refractivity contribution in [3.05, 3.63) is 66.2 Å². The van der Waals surface area contributed by atoms with Crippen LogP contribution in [0, 0.1) is 0 Å². The van der Waals surface area contributed by atoms with Gasteiger partial charge in [-0.05, 0) is 61.0 Å². The molecule has 0 radical (unpaired) electrons. The van der Waals surface area contributed by atoms with Crippen LogP contribution < -0.4 is 14.4 Å². The summed E-state index contributed by atoms with van der Waals surface area (Å²) in [5.41, 5.74) is 2.81. The Kier molecular flexibility index (Phi) is 6.01. The molecule has 0 aromatic heterocycles. The molecule has 0 atom stereocenters. The van der Waals surface area contributed by atoms with Gasteiger partial charge in [0, 0.05) is 37.4 Å². The van der Waals surface area contributed by atoms with Crippen molar-refractivity contribution in [2.75, 3.05) is 44.8 Å². The molecule has 2 aromatic rings. The minimum Gasteiger partial charge on any atom is -0.497 e. The molecule has 1 saturated heterocycles. The molecule has 0 saturated carbocycles. The highest BCUT2D eigenvalue weighted by Crippen LogP contribution is 2.21. The first kappa shape index (κ1) is 18.8. The zero-order chi connectivity index (χ0) is 19.2. The molecule has 1 fully saturated rings. The van der Waals surface area contributed by atoms with Crippen LogP contribution in [0.5, 0.6) is 11.5 Å². The van der Waals surface area contributed by atoms with Gasteiger partial charge in [0.05, 0.1) is 7.11 Å². The van der Waals surface area contributed by atoms with Crippen molar-refractivity contribution < 1.29 is 14.3 Å². The third-order valence-corrected chi connectivity index (χ3v) is 4.59. The Morgan fingerprint density at radius 2 is 1.56 bits per heavy atom. The average molecular weight is 366 g/mol. The van der Waals surface area contributed by atoms with Crippen LogP contribution in [0.25, 0.3) is 0 Å². The molecule has 1 heterocycles. The smallest absolute Gasteiger partial charge is 0.253 e. The molecule has 2 aromatic carbocycles. The lowest BCUT2D eigenvalue weighted by Gasteiger charge is -2.36. The number of rotatable bonds is 6. The lowest BCUT2D eigenvalue weighted by atomic mass is 10.1. The van der Waals surface area contributed by atoms with E-state index in [0.29, 0.717) is 25.3 Å². The van der Waals surface area contributed by atoms with Crippen LogP contribution in [0.2, 0.25) is 0 Å². The maximum absolute atomic E-state index is 12.7. The Morgan fingerprint density at radius 3 is 2.11 bits per heavy atom. The van der Waals surface area contributed by atoms with Gasteiger partial charge >= 0.3 is 0 Å². The number of hydrogen-bond acceptors (Lipinski definition) is 4. The molecule has 27 heavy (non-hydrogen) atoms. The second kappa shape index (κ2) is 8.62. The van der Waals surface area contributed by atoms with E-state index in [1.54, 1.807) is 7.11 Å². The van der Waals surface area contributed by atoms with E-state index in [4.69, 9.17) is 9.47 Å². The molecule has 1 aliphatic rings. The van der Waals surface area contributed by atoms with Crippen LogP contribution in [0.4, 0.5) is 5.69 Å². The third kappa shape index (κ3) is 4.82. The number of benzene rings is 2. The fraction of sp³-hybridized carbons (Fsp3) is 0.318. The Bertz CT molecular complexity index is 776. The van der Waals surface area contributed by atoms with E-state index in [1.165, 1.54) is 0 Å². The molecular formula is C22H26N2O3. The number of carbonyl (C=O) groups excluding carboxylic acids is 1. The van der Waals surface area contributed by atoms with Crippen molar-refractivity contribution in [2.45, 2.75) is 6.92 Å². The van der Waals surface area contributed by atoms with Gasteiger partial charge in [0.25, 0.3) is 5.91 Å². The van der Waals surface area contributed by atoms with Crippen LogP contribution >= 0.6 is 0 Å². The van der Waals surface area contributed by atoms with E-state index >= 15 is 0 Å². The second-order valence-corrected chi connectivity index (χ2v) is 6.75. The predicted molar refractivity (Wildman–Crippen MR) is 108 cm³/mol. The van der Waals surface area contributed by atoms with Crippen molar-refractivity contribution in [3.63, 3.8) is 0 Å².